The lowest BCUT2D eigenvalue weighted by atomic mass is 10.2. The van der Waals surface area contributed by atoms with Crippen LogP contribution in [-0.2, 0) is 4.74 Å². The quantitative estimate of drug-likeness (QED) is 0.581. The molecule has 1 aliphatic rings. The monoisotopic (exact) mass is 368 g/mol. The van der Waals surface area contributed by atoms with Crippen LogP contribution in [0.25, 0.3) is 11.4 Å². The van der Waals surface area contributed by atoms with E-state index in [2.05, 4.69) is 30.0 Å². The van der Waals surface area contributed by atoms with E-state index in [9.17, 15) is 0 Å². The smallest absolute Gasteiger partial charge is 0.249 e. The molecule has 140 valence electrons. The number of aromatic nitrogens is 5. The molecule has 1 aliphatic heterocycles. The van der Waals surface area contributed by atoms with Crippen LogP contribution in [0.1, 0.15) is 24.8 Å². The lowest BCUT2D eigenvalue weighted by molar-refractivity contribution is 0.144. The highest BCUT2D eigenvalue weighted by Crippen LogP contribution is 2.34. The average Bonchev–Trinajstić information content (AvgIpc) is 3.39. The third-order valence-corrected chi connectivity index (χ3v) is 4.32. The third kappa shape index (κ3) is 3.87. The zero-order valence-corrected chi connectivity index (χ0v) is 15.0. The molecule has 0 saturated carbocycles. The van der Waals surface area contributed by atoms with Crippen molar-refractivity contribution < 1.29 is 14.0 Å². The van der Waals surface area contributed by atoms with Gasteiger partial charge >= 0.3 is 0 Å². The Kier molecular flexibility index (Phi) is 5.20. The fourth-order valence-corrected chi connectivity index (χ4v) is 3.05. The minimum Gasteiger partial charge on any atom is -0.475 e. The Bertz CT molecular complexity index is 872. The Balaban J connectivity index is 1.52. The van der Waals surface area contributed by atoms with Crippen LogP contribution in [0.15, 0.2) is 41.3 Å². The van der Waals surface area contributed by atoms with Gasteiger partial charge < -0.3 is 18.9 Å². The Hall–Kier alpha value is -3.07. The van der Waals surface area contributed by atoms with E-state index in [-0.39, 0.29) is 6.04 Å². The molecule has 9 nitrogen and oxygen atoms in total. The molecule has 0 amide bonds. The Morgan fingerprint density at radius 1 is 1.19 bits per heavy atom. The molecule has 1 atom stereocenters. The van der Waals surface area contributed by atoms with Crippen molar-refractivity contribution in [3.63, 3.8) is 0 Å². The first-order chi connectivity index (χ1) is 13.3. The molecule has 0 aliphatic carbocycles. The molecule has 3 aromatic rings. The highest BCUT2D eigenvalue weighted by atomic mass is 16.5. The minimum absolute atomic E-state index is 0.0205. The summed E-state index contributed by atoms with van der Waals surface area (Å²) in [7, 11) is 1.63. The minimum atomic E-state index is -0.0205. The van der Waals surface area contributed by atoms with Crippen molar-refractivity contribution in [2.45, 2.75) is 18.9 Å². The molecule has 0 aromatic carbocycles. The highest BCUT2D eigenvalue weighted by Gasteiger charge is 2.32. The third-order valence-electron chi connectivity index (χ3n) is 4.32. The van der Waals surface area contributed by atoms with E-state index in [0.717, 1.165) is 24.9 Å². The van der Waals surface area contributed by atoms with E-state index in [0.29, 0.717) is 36.8 Å². The highest BCUT2D eigenvalue weighted by molar-refractivity contribution is 5.55. The van der Waals surface area contributed by atoms with Crippen molar-refractivity contribution >= 4 is 5.95 Å². The molecule has 1 saturated heterocycles. The van der Waals surface area contributed by atoms with Crippen LogP contribution in [-0.4, -0.2) is 52.0 Å². The van der Waals surface area contributed by atoms with Crippen molar-refractivity contribution in [2.75, 3.05) is 31.8 Å². The van der Waals surface area contributed by atoms with Crippen LogP contribution >= 0.6 is 0 Å². The van der Waals surface area contributed by atoms with Gasteiger partial charge in [0.05, 0.1) is 6.61 Å². The van der Waals surface area contributed by atoms with Crippen LogP contribution < -0.4 is 9.64 Å². The standard InChI is InChI=1S/C18H20N6O3/c1-25-10-11-26-15-12-13(5-8-19-15)16-22-17(27-23-16)14-4-2-9-24(14)18-20-6-3-7-21-18/h3,5-8,12,14H,2,4,9-11H2,1H3/t14-/m0/s1. The van der Waals surface area contributed by atoms with Crippen LogP contribution in [0.3, 0.4) is 0 Å². The Morgan fingerprint density at radius 2 is 2.07 bits per heavy atom. The number of anilines is 1. The van der Waals surface area contributed by atoms with Crippen LogP contribution in [0.5, 0.6) is 5.88 Å². The number of pyridine rings is 1. The normalized spacial score (nSPS) is 16.6. The van der Waals surface area contributed by atoms with Gasteiger partial charge in [-0.1, -0.05) is 5.16 Å². The van der Waals surface area contributed by atoms with Gasteiger partial charge in [0, 0.05) is 43.9 Å². The van der Waals surface area contributed by atoms with Crippen molar-refractivity contribution in [1.29, 1.82) is 0 Å². The van der Waals surface area contributed by atoms with Crippen LogP contribution in [0.2, 0.25) is 0 Å². The van der Waals surface area contributed by atoms with E-state index < -0.39 is 0 Å². The average molecular weight is 368 g/mol. The summed E-state index contributed by atoms with van der Waals surface area (Å²) in [6.45, 7) is 1.79. The molecule has 27 heavy (non-hydrogen) atoms. The van der Waals surface area contributed by atoms with Gasteiger partial charge in [-0.3, -0.25) is 0 Å². The number of rotatable bonds is 7. The maximum atomic E-state index is 5.55. The molecular formula is C18H20N6O3. The number of hydrogen-bond acceptors (Lipinski definition) is 9. The van der Waals surface area contributed by atoms with Crippen molar-refractivity contribution in [2.24, 2.45) is 0 Å². The molecule has 4 rings (SSSR count). The second-order valence-electron chi connectivity index (χ2n) is 6.08. The van der Waals surface area contributed by atoms with Gasteiger partial charge in [-0.2, -0.15) is 4.98 Å². The predicted octanol–water partition coefficient (Wildman–Crippen LogP) is 2.29. The molecule has 4 heterocycles. The number of nitrogens with zero attached hydrogens (tertiary/aromatic N) is 6. The summed E-state index contributed by atoms with van der Waals surface area (Å²) in [5, 5.41) is 4.14. The van der Waals surface area contributed by atoms with Gasteiger partial charge in [-0.05, 0) is 25.0 Å². The zero-order chi connectivity index (χ0) is 18.5. The maximum absolute atomic E-state index is 5.55. The summed E-state index contributed by atoms with van der Waals surface area (Å²) < 4.78 is 16.1. The number of ether oxygens (including phenoxy) is 2. The maximum Gasteiger partial charge on any atom is 0.249 e. The molecule has 0 radical (unpaired) electrons. The predicted molar refractivity (Wildman–Crippen MR) is 96.3 cm³/mol. The summed E-state index contributed by atoms with van der Waals surface area (Å²) in [6, 6.07) is 5.39. The first kappa shape index (κ1) is 17.3. The number of methoxy groups -OCH3 is 1. The van der Waals surface area contributed by atoms with E-state index >= 15 is 0 Å². The second-order valence-corrected chi connectivity index (χ2v) is 6.08. The topological polar surface area (TPSA) is 99.3 Å². The van der Waals surface area contributed by atoms with Crippen molar-refractivity contribution in [1.82, 2.24) is 25.1 Å². The summed E-state index contributed by atoms with van der Waals surface area (Å²) in [5.74, 6) is 2.24. The molecule has 1 fully saturated rings. The molecule has 0 N–H and O–H groups in total. The van der Waals surface area contributed by atoms with Crippen molar-refractivity contribution in [3.05, 3.63) is 42.7 Å². The van der Waals surface area contributed by atoms with Gasteiger partial charge in [0.15, 0.2) is 0 Å². The van der Waals surface area contributed by atoms with Crippen LogP contribution in [0.4, 0.5) is 5.95 Å². The van der Waals surface area contributed by atoms with Gasteiger partial charge in [0.2, 0.25) is 23.5 Å². The summed E-state index contributed by atoms with van der Waals surface area (Å²) in [6.07, 6.45) is 7.07. The van der Waals surface area contributed by atoms with Gasteiger partial charge in [0.25, 0.3) is 0 Å². The van der Waals surface area contributed by atoms with E-state index in [1.807, 2.05) is 6.07 Å². The molecule has 0 bridgehead atoms. The lowest BCUT2D eigenvalue weighted by Crippen LogP contribution is -2.24. The molecule has 0 unspecified atom stereocenters. The van der Waals surface area contributed by atoms with Gasteiger partial charge in [0.1, 0.15) is 12.6 Å². The van der Waals surface area contributed by atoms with Crippen LogP contribution in [0, 0.1) is 0 Å². The summed E-state index contributed by atoms with van der Waals surface area (Å²) >= 11 is 0. The van der Waals surface area contributed by atoms with E-state index in [1.54, 1.807) is 37.8 Å². The van der Waals surface area contributed by atoms with E-state index in [1.165, 1.54) is 0 Å². The van der Waals surface area contributed by atoms with Gasteiger partial charge in [-0.15, -0.1) is 0 Å². The fourth-order valence-electron chi connectivity index (χ4n) is 3.05. The van der Waals surface area contributed by atoms with Crippen molar-refractivity contribution in [3.8, 4) is 17.3 Å². The van der Waals surface area contributed by atoms with E-state index in [4.69, 9.17) is 14.0 Å². The zero-order valence-electron chi connectivity index (χ0n) is 15.0. The Morgan fingerprint density at radius 3 is 2.93 bits per heavy atom. The number of hydrogen-bond donors (Lipinski definition) is 0. The first-order valence-corrected chi connectivity index (χ1v) is 8.80. The molecule has 3 aromatic heterocycles. The molecule has 9 heteroatoms. The SMILES string of the molecule is COCCOc1cc(-c2noc([C@@H]3CCCN3c3ncccn3)n2)ccn1. The molecular weight excluding hydrogens is 348 g/mol. The Labute approximate surface area is 156 Å². The van der Waals surface area contributed by atoms with Gasteiger partial charge in [-0.25, -0.2) is 15.0 Å². The first-order valence-electron chi connectivity index (χ1n) is 8.80. The summed E-state index contributed by atoms with van der Waals surface area (Å²) in [4.78, 5) is 19.6. The summed E-state index contributed by atoms with van der Waals surface area (Å²) in [5.41, 5.74) is 0.785. The fraction of sp³-hybridized carbons (Fsp3) is 0.389. The lowest BCUT2D eigenvalue weighted by Gasteiger charge is -2.21. The second kappa shape index (κ2) is 8.09. The largest absolute Gasteiger partial charge is 0.475 e. The molecule has 0 spiro atoms.